The normalized spacial score (nSPS) is 12.2. The van der Waals surface area contributed by atoms with Crippen LogP contribution in [-0.4, -0.2) is 35.1 Å². The van der Waals surface area contributed by atoms with Crippen LogP contribution in [0.4, 0.5) is 0 Å². The Hall–Kier alpha value is -2.84. The Kier molecular flexibility index (Phi) is 6.79. The lowest BCUT2D eigenvalue weighted by Crippen LogP contribution is -2.31. The van der Waals surface area contributed by atoms with Crippen LogP contribution >= 0.6 is 11.3 Å². The minimum atomic E-state index is -3.69. The molecule has 3 aromatic rings. The van der Waals surface area contributed by atoms with Crippen LogP contribution < -0.4 is 14.8 Å². The number of ether oxygens (including phenoxy) is 2. The molecule has 1 N–H and O–H groups in total. The molecule has 2 aromatic carbocycles. The van der Waals surface area contributed by atoms with Gasteiger partial charge in [0.05, 0.1) is 19.1 Å². The van der Waals surface area contributed by atoms with Gasteiger partial charge in [0, 0.05) is 17.0 Å². The molecule has 0 unspecified atom stereocenters. The third-order valence-corrected chi connectivity index (χ3v) is 7.91. The first-order chi connectivity index (χ1) is 14.4. The fourth-order valence-corrected chi connectivity index (χ4v) is 5.78. The van der Waals surface area contributed by atoms with Gasteiger partial charge >= 0.3 is 0 Å². The molecule has 0 fully saturated rings. The number of sulfone groups is 1. The van der Waals surface area contributed by atoms with Gasteiger partial charge < -0.3 is 14.8 Å². The molecule has 0 aliphatic rings. The highest BCUT2D eigenvalue weighted by molar-refractivity contribution is 7.91. The molecule has 0 aliphatic carbocycles. The summed E-state index contributed by atoms with van der Waals surface area (Å²) in [5.74, 6) is 0.538. The smallest absolute Gasteiger partial charge is 0.251 e. The van der Waals surface area contributed by atoms with E-state index in [0.29, 0.717) is 21.9 Å². The Morgan fingerprint density at radius 2 is 1.73 bits per heavy atom. The van der Waals surface area contributed by atoms with Crippen molar-refractivity contribution in [3.05, 3.63) is 76.0 Å². The molecule has 1 amide bonds. The third kappa shape index (κ3) is 4.66. The fourth-order valence-electron chi connectivity index (χ4n) is 2.99. The molecule has 0 saturated heterocycles. The molecule has 8 heteroatoms. The topological polar surface area (TPSA) is 81.7 Å². The number of hydrogen-bond donors (Lipinski definition) is 1. The molecular weight excluding hydrogens is 422 g/mol. The van der Waals surface area contributed by atoms with E-state index in [1.54, 1.807) is 54.6 Å². The van der Waals surface area contributed by atoms with E-state index in [1.165, 1.54) is 25.6 Å². The van der Waals surface area contributed by atoms with Crippen molar-refractivity contribution >= 4 is 27.1 Å². The van der Waals surface area contributed by atoms with Crippen molar-refractivity contribution in [3.8, 4) is 11.5 Å². The van der Waals surface area contributed by atoms with Gasteiger partial charge in [0.1, 0.15) is 5.25 Å². The minimum Gasteiger partial charge on any atom is -0.493 e. The summed E-state index contributed by atoms with van der Waals surface area (Å²) in [5, 5.41) is 3.69. The van der Waals surface area contributed by atoms with Gasteiger partial charge in [-0.15, -0.1) is 11.3 Å². The van der Waals surface area contributed by atoms with Gasteiger partial charge in [-0.2, -0.15) is 0 Å². The van der Waals surface area contributed by atoms with Crippen molar-refractivity contribution in [1.29, 1.82) is 0 Å². The van der Waals surface area contributed by atoms with Gasteiger partial charge in [-0.1, -0.05) is 23.8 Å². The van der Waals surface area contributed by atoms with E-state index in [2.05, 4.69) is 5.32 Å². The molecule has 0 saturated carbocycles. The monoisotopic (exact) mass is 445 g/mol. The maximum atomic E-state index is 13.3. The molecule has 30 heavy (non-hydrogen) atoms. The van der Waals surface area contributed by atoms with Gasteiger partial charge in [0.15, 0.2) is 21.3 Å². The van der Waals surface area contributed by atoms with Crippen molar-refractivity contribution in [2.24, 2.45) is 0 Å². The largest absolute Gasteiger partial charge is 0.493 e. The maximum Gasteiger partial charge on any atom is 0.251 e. The van der Waals surface area contributed by atoms with E-state index < -0.39 is 21.0 Å². The number of methoxy groups -OCH3 is 2. The average molecular weight is 446 g/mol. The van der Waals surface area contributed by atoms with E-state index in [-0.39, 0.29) is 11.4 Å². The van der Waals surface area contributed by atoms with Gasteiger partial charge in [-0.25, -0.2) is 8.42 Å². The van der Waals surface area contributed by atoms with Gasteiger partial charge in [-0.05, 0) is 48.7 Å². The Morgan fingerprint density at radius 1 is 1.03 bits per heavy atom. The number of aryl methyl sites for hydroxylation is 1. The summed E-state index contributed by atoms with van der Waals surface area (Å²) >= 11 is 1.35. The van der Waals surface area contributed by atoms with Crippen molar-refractivity contribution in [3.63, 3.8) is 0 Å². The predicted molar refractivity (Wildman–Crippen MR) is 117 cm³/mol. The Morgan fingerprint density at radius 3 is 2.33 bits per heavy atom. The van der Waals surface area contributed by atoms with E-state index in [4.69, 9.17) is 9.47 Å². The van der Waals surface area contributed by atoms with Crippen LogP contribution in [0.25, 0.3) is 0 Å². The second kappa shape index (κ2) is 9.32. The second-order valence-electron chi connectivity index (χ2n) is 6.64. The predicted octanol–water partition coefficient (Wildman–Crippen LogP) is 4.02. The molecule has 1 heterocycles. The second-order valence-corrected chi connectivity index (χ2v) is 9.75. The molecule has 0 spiro atoms. The fraction of sp³-hybridized carbons (Fsp3) is 0.227. The van der Waals surface area contributed by atoms with Gasteiger partial charge in [0.25, 0.3) is 5.91 Å². The summed E-state index contributed by atoms with van der Waals surface area (Å²) in [6.45, 7) is 1.85. The number of thiophene rings is 1. The average Bonchev–Trinajstić information content (AvgIpc) is 3.27. The minimum absolute atomic E-state index is 0.0517. The summed E-state index contributed by atoms with van der Waals surface area (Å²) in [4.78, 5) is 13.6. The number of nitrogens with one attached hydrogen (secondary N) is 1. The highest BCUT2D eigenvalue weighted by atomic mass is 32.2. The SMILES string of the molecule is COc1ccc(C(=O)NC[C@@H](c2cccs2)S(=O)(=O)c2ccc(C)cc2)cc1OC. The standard InChI is InChI=1S/C22H23NO5S2/c1-15-6-9-17(10-7-15)30(25,26)21(20-5-4-12-29-20)14-23-22(24)16-8-11-18(27-2)19(13-16)28-3/h4-13,21H,14H2,1-3H3,(H,23,24)/t21-/m0/s1. The Bertz CT molecular complexity index is 1110. The third-order valence-electron chi connectivity index (χ3n) is 4.68. The quantitative estimate of drug-likeness (QED) is 0.566. The van der Waals surface area contributed by atoms with Crippen LogP contribution in [0.3, 0.4) is 0 Å². The summed E-state index contributed by atoms with van der Waals surface area (Å²) in [7, 11) is -0.691. The molecule has 0 radical (unpaired) electrons. The van der Waals surface area contributed by atoms with Crippen molar-refractivity contribution in [2.45, 2.75) is 17.1 Å². The van der Waals surface area contributed by atoms with Crippen LogP contribution in [0, 0.1) is 6.92 Å². The zero-order valence-corrected chi connectivity index (χ0v) is 18.5. The zero-order valence-electron chi connectivity index (χ0n) is 16.9. The van der Waals surface area contributed by atoms with E-state index >= 15 is 0 Å². The molecular formula is C22H23NO5S2. The molecule has 6 nitrogen and oxygen atoms in total. The van der Waals surface area contributed by atoms with E-state index in [9.17, 15) is 13.2 Å². The van der Waals surface area contributed by atoms with Crippen LogP contribution in [0.1, 0.15) is 26.0 Å². The highest BCUT2D eigenvalue weighted by Crippen LogP contribution is 2.32. The Labute approximate surface area is 180 Å². The number of amides is 1. The number of hydrogen-bond acceptors (Lipinski definition) is 6. The van der Waals surface area contributed by atoms with Crippen LogP contribution in [0.2, 0.25) is 0 Å². The molecule has 0 aliphatic heterocycles. The van der Waals surface area contributed by atoms with Gasteiger partial charge in [-0.3, -0.25) is 4.79 Å². The first kappa shape index (κ1) is 21.9. The lowest BCUT2D eigenvalue weighted by molar-refractivity contribution is 0.0953. The number of rotatable bonds is 8. The molecule has 0 bridgehead atoms. The Balaban J connectivity index is 1.85. The van der Waals surface area contributed by atoms with Crippen LogP contribution in [0.5, 0.6) is 11.5 Å². The zero-order chi connectivity index (χ0) is 21.7. The van der Waals surface area contributed by atoms with E-state index in [0.717, 1.165) is 5.56 Å². The first-order valence-corrected chi connectivity index (χ1v) is 11.6. The first-order valence-electron chi connectivity index (χ1n) is 9.21. The number of carbonyl (C=O) groups excluding carboxylic acids is 1. The van der Waals surface area contributed by atoms with Crippen molar-refractivity contribution in [1.82, 2.24) is 5.32 Å². The number of benzene rings is 2. The summed E-state index contributed by atoms with van der Waals surface area (Å²) in [6.07, 6.45) is 0. The summed E-state index contributed by atoms with van der Waals surface area (Å²) in [5.41, 5.74) is 1.33. The molecule has 3 rings (SSSR count). The maximum absolute atomic E-state index is 13.3. The van der Waals surface area contributed by atoms with Crippen molar-refractivity contribution in [2.75, 3.05) is 20.8 Å². The molecule has 1 aromatic heterocycles. The molecule has 1 atom stereocenters. The van der Waals surface area contributed by atoms with Gasteiger partial charge in [0.2, 0.25) is 0 Å². The molecule has 158 valence electrons. The van der Waals surface area contributed by atoms with E-state index in [1.807, 2.05) is 12.3 Å². The summed E-state index contributed by atoms with van der Waals surface area (Å²) in [6, 6.07) is 15.1. The lowest BCUT2D eigenvalue weighted by Gasteiger charge is -2.18. The summed E-state index contributed by atoms with van der Waals surface area (Å²) < 4.78 is 37.0. The lowest BCUT2D eigenvalue weighted by atomic mass is 10.2. The number of carbonyl (C=O) groups is 1. The van der Waals surface area contributed by atoms with Crippen LogP contribution in [0.15, 0.2) is 64.9 Å². The highest BCUT2D eigenvalue weighted by Gasteiger charge is 2.30. The van der Waals surface area contributed by atoms with Crippen LogP contribution in [-0.2, 0) is 9.84 Å². The van der Waals surface area contributed by atoms with Crippen molar-refractivity contribution < 1.29 is 22.7 Å².